The van der Waals surface area contributed by atoms with E-state index in [9.17, 15) is 0 Å². The molecule has 0 aliphatic heterocycles. The van der Waals surface area contributed by atoms with Crippen LogP contribution in [-0.2, 0) is 7.05 Å². The van der Waals surface area contributed by atoms with Crippen molar-refractivity contribution >= 4 is 17.3 Å². The Bertz CT molecular complexity index is 428. The van der Waals surface area contributed by atoms with Gasteiger partial charge in [0.05, 0.1) is 11.9 Å². The molecule has 0 saturated heterocycles. The van der Waals surface area contributed by atoms with Gasteiger partial charge < -0.3 is 10.3 Å². The van der Waals surface area contributed by atoms with Crippen LogP contribution in [0.5, 0.6) is 0 Å². The average molecular weight is 193 g/mol. The van der Waals surface area contributed by atoms with Gasteiger partial charge in [0.2, 0.25) is 0 Å². The Morgan fingerprint density at radius 3 is 2.77 bits per heavy atom. The van der Waals surface area contributed by atoms with E-state index in [4.69, 9.17) is 5.73 Å². The molecule has 0 atom stereocenters. The van der Waals surface area contributed by atoms with Gasteiger partial charge in [-0.1, -0.05) is 0 Å². The Morgan fingerprint density at radius 2 is 2.31 bits per heavy atom. The van der Waals surface area contributed by atoms with E-state index in [1.165, 1.54) is 10.4 Å². The lowest BCUT2D eigenvalue weighted by atomic mass is 10.2. The maximum Gasteiger partial charge on any atom is 0.200 e. The molecule has 4 heteroatoms. The first kappa shape index (κ1) is 8.31. The Kier molecular flexibility index (Phi) is 1.84. The molecule has 0 aromatic carbocycles. The van der Waals surface area contributed by atoms with Crippen molar-refractivity contribution in [2.45, 2.75) is 6.92 Å². The molecule has 2 heterocycles. The average Bonchev–Trinajstić information content (AvgIpc) is 2.62. The van der Waals surface area contributed by atoms with Crippen LogP contribution in [0.4, 0.5) is 5.95 Å². The Balaban J connectivity index is 2.52. The quantitative estimate of drug-likeness (QED) is 0.753. The van der Waals surface area contributed by atoms with Gasteiger partial charge in [-0.25, -0.2) is 4.98 Å². The lowest BCUT2D eigenvalue weighted by molar-refractivity contribution is 0.939. The first-order valence-electron chi connectivity index (χ1n) is 4.01. The summed E-state index contributed by atoms with van der Waals surface area (Å²) in [5.74, 6) is 0.554. The standard InChI is InChI=1S/C9H11N3S/c1-6-3-7(5-13-6)8-4-11-9(10)12(8)2/h3-5H,1-2H3,(H2,10,11). The molecule has 0 fully saturated rings. The minimum atomic E-state index is 0.554. The second-order valence-electron chi connectivity index (χ2n) is 3.01. The molecule has 13 heavy (non-hydrogen) atoms. The minimum Gasteiger partial charge on any atom is -0.369 e. The fourth-order valence-corrected chi connectivity index (χ4v) is 1.97. The van der Waals surface area contributed by atoms with Crippen LogP contribution < -0.4 is 5.73 Å². The number of hydrogen-bond acceptors (Lipinski definition) is 3. The van der Waals surface area contributed by atoms with Crippen molar-refractivity contribution in [2.75, 3.05) is 5.73 Å². The first-order chi connectivity index (χ1) is 6.18. The Labute approximate surface area is 80.8 Å². The molecular formula is C9H11N3S. The normalized spacial score (nSPS) is 10.6. The van der Waals surface area contributed by atoms with Crippen molar-refractivity contribution in [3.8, 4) is 11.3 Å². The third-order valence-corrected chi connectivity index (χ3v) is 2.91. The van der Waals surface area contributed by atoms with E-state index in [1.54, 1.807) is 17.5 Å². The lowest BCUT2D eigenvalue weighted by Crippen LogP contribution is -1.97. The van der Waals surface area contributed by atoms with Gasteiger partial charge >= 0.3 is 0 Å². The fourth-order valence-electron chi connectivity index (χ4n) is 1.27. The van der Waals surface area contributed by atoms with Gasteiger partial charge in [0.1, 0.15) is 0 Å². The molecule has 0 amide bonds. The number of thiophene rings is 1. The Hall–Kier alpha value is -1.29. The van der Waals surface area contributed by atoms with Crippen LogP contribution >= 0.6 is 11.3 Å². The van der Waals surface area contributed by atoms with Crippen molar-refractivity contribution in [3.63, 3.8) is 0 Å². The number of nitrogen functional groups attached to an aromatic ring is 1. The van der Waals surface area contributed by atoms with E-state index >= 15 is 0 Å². The van der Waals surface area contributed by atoms with Gasteiger partial charge in [-0.3, -0.25) is 0 Å². The maximum atomic E-state index is 5.64. The van der Waals surface area contributed by atoms with Crippen molar-refractivity contribution in [1.29, 1.82) is 0 Å². The summed E-state index contributed by atoms with van der Waals surface area (Å²) in [7, 11) is 1.92. The van der Waals surface area contributed by atoms with Crippen LogP contribution in [0.3, 0.4) is 0 Å². The van der Waals surface area contributed by atoms with Crippen LogP contribution in [0.1, 0.15) is 4.88 Å². The molecule has 0 aliphatic rings. The molecule has 68 valence electrons. The zero-order valence-electron chi connectivity index (χ0n) is 7.61. The summed E-state index contributed by atoms with van der Waals surface area (Å²) in [6.45, 7) is 2.09. The molecule has 0 bridgehead atoms. The largest absolute Gasteiger partial charge is 0.369 e. The minimum absolute atomic E-state index is 0.554. The van der Waals surface area contributed by atoms with Crippen molar-refractivity contribution < 1.29 is 0 Å². The van der Waals surface area contributed by atoms with E-state index in [-0.39, 0.29) is 0 Å². The van der Waals surface area contributed by atoms with Gasteiger partial charge in [-0.05, 0) is 13.0 Å². The highest BCUT2D eigenvalue weighted by atomic mass is 32.1. The summed E-state index contributed by atoms with van der Waals surface area (Å²) in [5.41, 5.74) is 7.90. The number of hydrogen-bond donors (Lipinski definition) is 1. The molecular weight excluding hydrogens is 182 g/mol. The third-order valence-electron chi connectivity index (χ3n) is 2.05. The van der Waals surface area contributed by atoms with Crippen molar-refractivity contribution in [2.24, 2.45) is 7.05 Å². The van der Waals surface area contributed by atoms with Crippen LogP contribution in [0.15, 0.2) is 17.6 Å². The van der Waals surface area contributed by atoms with E-state index in [0.29, 0.717) is 5.95 Å². The van der Waals surface area contributed by atoms with Gasteiger partial charge in [0.15, 0.2) is 5.95 Å². The van der Waals surface area contributed by atoms with Crippen LogP contribution in [0, 0.1) is 6.92 Å². The summed E-state index contributed by atoms with van der Waals surface area (Å²) in [4.78, 5) is 5.35. The zero-order chi connectivity index (χ0) is 9.42. The molecule has 0 aliphatic carbocycles. The molecule has 2 aromatic rings. The van der Waals surface area contributed by atoms with Crippen LogP contribution in [-0.4, -0.2) is 9.55 Å². The summed E-state index contributed by atoms with van der Waals surface area (Å²) in [6, 6.07) is 2.14. The molecule has 0 spiro atoms. The molecule has 2 aromatic heterocycles. The smallest absolute Gasteiger partial charge is 0.200 e. The number of nitrogens with two attached hydrogens (primary N) is 1. The van der Waals surface area contributed by atoms with Gasteiger partial charge in [0, 0.05) is 22.9 Å². The molecule has 0 saturated carbocycles. The van der Waals surface area contributed by atoms with Crippen LogP contribution in [0.25, 0.3) is 11.3 Å². The Morgan fingerprint density at radius 1 is 1.54 bits per heavy atom. The monoisotopic (exact) mass is 193 g/mol. The zero-order valence-corrected chi connectivity index (χ0v) is 8.43. The van der Waals surface area contributed by atoms with E-state index in [2.05, 4.69) is 23.4 Å². The predicted octanol–water partition coefficient (Wildman–Crippen LogP) is 2.04. The molecule has 0 unspecified atom stereocenters. The fraction of sp³-hybridized carbons (Fsp3) is 0.222. The second-order valence-corrected chi connectivity index (χ2v) is 4.12. The lowest BCUT2D eigenvalue weighted by Gasteiger charge is -1.99. The van der Waals surface area contributed by atoms with Crippen LogP contribution in [0.2, 0.25) is 0 Å². The maximum absolute atomic E-state index is 5.64. The van der Waals surface area contributed by atoms with Gasteiger partial charge in [-0.15, -0.1) is 11.3 Å². The van der Waals surface area contributed by atoms with Crippen molar-refractivity contribution in [1.82, 2.24) is 9.55 Å². The predicted molar refractivity (Wildman–Crippen MR) is 55.7 cm³/mol. The second kappa shape index (κ2) is 2.88. The summed E-state index contributed by atoms with van der Waals surface area (Å²) in [6.07, 6.45) is 1.80. The number of rotatable bonds is 1. The summed E-state index contributed by atoms with van der Waals surface area (Å²) < 4.78 is 1.89. The third kappa shape index (κ3) is 1.33. The van der Waals surface area contributed by atoms with Gasteiger partial charge in [0.25, 0.3) is 0 Å². The molecule has 0 radical (unpaired) electrons. The van der Waals surface area contributed by atoms with E-state index < -0.39 is 0 Å². The SMILES string of the molecule is Cc1cc(-c2cnc(N)n2C)cs1. The molecule has 2 rings (SSSR count). The number of nitrogens with zero attached hydrogens (tertiary/aromatic N) is 2. The molecule has 3 nitrogen and oxygen atoms in total. The highest BCUT2D eigenvalue weighted by molar-refractivity contribution is 7.10. The number of aromatic nitrogens is 2. The number of imidazole rings is 1. The topological polar surface area (TPSA) is 43.8 Å². The van der Waals surface area contributed by atoms with E-state index in [1.807, 2.05) is 11.6 Å². The van der Waals surface area contributed by atoms with Gasteiger partial charge in [-0.2, -0.15) is 0 Å². The first-order valence-corrected chi connectivity index (χ1v) is 4.89. The number of aryl methyl sites for hydroxylation is 1. The highest BCUT2D eigenvalue weighted by Gasteiger charge is 2.06. The van der Waals surface area contributed by atoms with E-state index in [0.717, 1.165) is 5.69 Å². The van der Waals surface area contributed by atoms with Crippen molar-refractivity contribution in [3.05, 3.63) is 22.5 Å². The molecule has 2 N–H and O–H groups in total. The summed E-state index contributed by atoms with van der Waals surface area (Å²) in [5, 5.41) is 2.12. The number of anilines is 1. The summed E-state index contributed by atoms with van der Waals surface area (Å²) >= 11 is 1.74. The highest BCUT2D eigenvalue weighted by Crippen LogP contribution is 2.25.